The van der Waals surface area contributed by atoms with Crippen molar-refractivity contribution >= 4 is 0 Å². The first kappa shape index (κ1) is 16.0. The van der Waals surface area contributed by atoms with Crippen molar-refractivity contribution in [2.45, 2.75) is 39.7 Å². The molecule has 0 aliphatic carbocycles. The van der Waals surface area contributed by atoms with Gasteiger partial charge in [-0.15, -0.1) is 0 Å². The van der Waals surface area contributed by atoms with Gasteiger partial charge in [0, 0.05) is 30.6 Å². The summed E-state index contributed by atoms with van der Waals surface area (Å²) in [4.78, 5) is 2.33. The molecule has 2 rings (SSSR count). The minimum absolute atomic E-state index is 0.0400. The molecular formula is C18H24FNO. The Hall–Kier alpha value is -1.37. The number of piperidine rings is 1. The first-order valence-corrected chi connectivity index (χ1v) is 7.61. The Morgan fingerprint density at radius 3 is 2.86 bits per heavy atom. The quantitative estimate of drug-likeness (QED) is 0.864. The zero-order valence-corrected chi connectivity index (χ0v) is 13.0. The predicted molar refractivity (Wildman–Crippen MR) is 83.3 cm³/mol. The second-order valence-electron chi connectivity index (χ2n) is 6.56. The maximum Gasteiger partial charge on any atom is 0.128 e. The number of aliphatic hydroxyl groups excluding tert-OH is 1. The van der Waals surface area contributed by atoms with Gasteiger partial charge in [0.15, 0.2) is 0 Å². The molecule has 0 saturated carbocycles. The van der Waals surface area contributed by atoms with Crippen molar-refractivity contribution in [2.24, 2.45) is 5.41 Å². The van der Waals surface area contributed by atoms with Gasteiger partial charge in [0.1, 0.15) is 5.82 Å². The summed E-state index contributed by atoms with van der Waals surface area (Å²) in [7, 11) is 0. The highest BCUT2D eigenvalue weighted by molar-refractivity contribution is 5.37. The van der Waals surface area contributed by atoms with E-state index in [4.69, 9.17) is 5.11 Å². The Morgan fingerprint density at radius 1 is 1.38 bits per heavy atom. The van der Waals surface area contributed by atoms with Crippen LogP contribution < -0.4 is 0 Å². The van der Waals surface area contributed by atoms with Crippen LogP contribution >= 0.6 is 0 Å². The van der Waals surface area contributed by atoms with E-state index in [-0.39, 0.29) is 12.4 Å². The molecule has 1 aromatic carbocycles. The van der Waals surface area contributed by atoms with Gasteiger partial charge in [0.25, 0.3) is 0 Å². The summed E-state index contributed by atoms with van der Waals surface area (Å²) in [5.41, 5.74) is 1.73. The third-order valence-corrected chi connectivity index (χ3v) is 3.90. The predicted octanol–water partition coefficient (Wildman–Crippen LogP) is 3.18. The number of likely N-dealkylation sites (tertiary alicyclic amines) is 1. The van der Waals surface area contributed by atoms with E-state index < -0.39 is 0 Å². The van der Waals surface area contributed by atoms with Gasteiger partial charge in [0.2, 0.25) is 0 Å². The fraction of sp³-hybridized carbons (Fsp3) is 0.556. The van der Waals surface area contributed by atoms with E-state index in [1.807, 2.05) is 12.1 Å². The molecule has 1 heterocycles. The van der Waals surface area contributed by atoms with Gasteiger partial charge in [-0.3, -0.25) is 4.90 Å². The molecular weight excluding hydrogens is 265 g/mol. The summed E-state index contributed by atoms with van der Waals surface area (Å²) in [6, 6.07) is 5.19. The van der Waals surface area contributed by atoms with Crippen molar-refractivity contribution in [1.29, 1.82) is 0 Å². The van der Waals surface area contributed by atoms with E-state index in [0.29, 0.717) is 23.9 Å². The molecule has 1 aliphatic rings. The molecule has 114 valence electrons. The molecule has 0 radical (unpaired) electrons. The Labute approximate surface area is 127 Å². The van der Waals surface area contributed by atoms with Crippen molar-refractivity contribution in [3.05, 3.63) is 35.1 Å². The van der Waals surface area contributed by atoms with Crippen molar-refractivity contribution in [3.63, 3.8) is 0 Å². The van der Waals surface area contributed by atoms with Gasteiger partial charge >= 0.3 is 0 Å². The first-order chi connectivity index (χ1) is 10.00. The number of nitrogens with zero attached hydrogens (tertiary/aromatic N) is 1. The Balaban J connectivity index is 2.03. The molecule has 3 heteroatoms. The lowest BCUT2D eigenvalue weighted by atomic mass is 9.84. The monoisotopic (exact) mass is 289 g/mol. The largest absolute Gasteiger partial charge is 0.395 e. The maximum atomic E-state index is 14.2. The summed E-state index contributed by atoms with van der Waals surface area (Å²) >= 11 is 0. The minimum atomic E-state index is -0.186. The first-order valence-electron chi connectivity index (χ1n) is 7.61. The van der Waals surface area contributed by atoms with Crippen LogP contribution in [0, 0.1) is 23.1 Å². The lowest BCUT2D eigenvalue weighted by Gasteiger charge is -2.38. The molecule has 0 atom stereocenters. The summed E-state index contributed by atoms with van der Waals surface area (Å²) in [6.07, 6.45) is 2.84. The average molecular weight is 289 g/mol. The number of rotatable bonds is 3. The van der Waals surface area contributed by atoms with Crippen LogP contribution in [0.5, 0.6) is 0 Å². The van der Waals surface area contributed by atoms with Gasteiger partial charge in [-0.1, -0.05) is 31.8 Å². The van der Waals surface area contributed by atoms with Crippen LogP contribution in [0.25, 0.3) is 0 Å². The molecule has 0 amide bonds. The average Bonchev–Trinajstić information content (AvgIpc) is 2.41. The number of benzene rings is 1. The van der Waals surface area contributed by atoms with Crippen molar-refractivity contribution < 1.29 is 9.50 Å². The molecule has 0 aromatic heterocycles. The van der Waals surface area contributed by atoms with E-state index in [9.17, 15) is 4.39 Å². The highest BCUT2D eigenvalue weighted by Gasteiger charge is 2.26. The van der Waals surface area contributed by atoms with Gasteiger partial charge in [-0.05, 0) is 36.9 Å². The van der Waals surface area contributed by atoms with Crippen LogP contribution in [0.15, 0.2) is 18.2 Å². The maximum absolute atomic E-state index is 14.2. The van der Waals surface area contributed by atoms with Gasteiger partial charge < -0.3 is 5.11 Å². The third-order valence-electron chi connectivity index (χ3n) is 3.90. The van der Waals surface area contributed by atoms with E-state index in [1.54, 1.807) is 0 Å². The summed E-state index contributed by atoms with van der Waals surface area (Å²) in [6.45, 7) is 7.31. The molecule has 1 aliphatic heterocycles. The van der Waals surface area contributed by atoms with Crippen molar-refractivity contribution in [3.8, 4) is 11.8 Å². The fourth-order valence-electron chi connectivity index (χ4n) is 2.89. The van der Waals surface area contributed by atoms with Crippen molar-refractivity contribution in [1.82, 2.24) is 4.90 Å². The zero-order chi connectivity index (χ0) is 15.3. The minimum Gasteiger partial charge on any atom is -0.395 e. The molecule has 1 saturated heterocycles. The van der Waals surface area contributed by atoms with E-state index >= 15 is 0 Å². The SMILES string of the molecule is CC1(C)CCCN(Cc2ccc(C#CCCO)cc2F)C1. The standard InChI is InChI=1S/C18H24FNO/c1-18(2)9-5-10-20(14-18)13-16-8-7-15(12-17(16)19)6-3-4-11-21/h7-8,12,21H,4-5,9-11,13-14H2,1-2H3. The smallest absolute Gasteiger partial charge is 0.128 e. The molecule has 1 N–H and O–H groups in total. The molecule has 1 aromatic rings. The number of hydrogen-bond acceptors (Lipinski definition) is 2. The van der Waals surface area contributed by atoms with Gasteiger partial charge in [-0.2, -0.15) is 0 Å². The van der Waals surface area contributed by atoms with Crippen LogP contribution in [0.2, 0.25) is 0 Å². The second kappa shape index (κ2) is 7.06. The van der Waals surface area contributed by atoms with Crippen molar-refractivity contribution in [2.75, 3.05) is 19.7 Å². The lowest BCUT2D eigenvalue weighted by molar-refractivity contribution is 0.110. The molecule has 2 nitrogen and oxygen atoms in total. The summed E-state index contributed by atoms with van der Waals surface area (Å²) in [5.74, 6) is 5.49. The topological polar surface area (TPSA) is 23.5 Å². The molecule has 0 spiro atoms. The molecule has 1 fully saturated rings. The Morgan fingerprint density at radius 2 is 2.19 bits per heavy atom. The zero-order valence-electron chi connectivity index (χ0n) is 13.0. The van der Waals surface area contributed by atoms with E-state index in [2.05, 4.69) is 30.6 Å². The van der Waals surface area contributed by atoms with Crippen LogP contribution in [-0.4, -0.2) is 29.7 Å². The Bertz CT molecular complexity index is 542. The fourth-order valence-corrected chi connectivity index (χ4v) is 2.89. The number of aliphatic hydroxyl groups is 1. The van der Waals surface area contributed by atoms with Crippen LogP contribution in [0.4, 0.5) is 4.39 Å². The second-order valence-corrected chi connectivity index (χ2v) is 6.56. The lowest BCUT2D eigenvalue weighted by Crippen LogP contribution is -2.39. The van der Waals surface area contributed by atoms with E-state index in [1.165, 1.54) is 18.9 Å². The van der Waals surface area contributed by atoms with Crippen LogP contribution in [0.3, 0.4) is 0 Å². The number of halogens is 1. The number of hydrogen-bond donors (Lipinski definition) is 1. The third kappa shape index (κ3) is 4.84. The molecule has 21 heavy (non-hydrogen) atoms. The van der Waals surface area contributed by atoms with E-state index in [0.717, 1.165) is 18.7 Å². The Kier molecular flexibility index (Phi) is 5.39. The van der Waals surface area contributed by atoms with Crippen LogP contribution in [0.1, 0.15) is 44.2 Å². The van der Waals surface area contributed by atoms with Gasteiger partial charge in [-0.25, -0.2) is 4.39 Å². The molecule has 0 bridgehead atoms. The highest BCUT2D eigenvalue weighted by Crippen LogP contribution is 2.29. The highest BCUT2D eigenvalue weighted by atomic mass is 19.1. The summed E-state index contributed by atoms with van der Waals surface area (Å²) < 4.78 is 14.2. The van der Waals surface area contributed by atoms with Gasteiger partial charge in [0.05, 0.1) is 6.61 Å². The molecule has 0 unspecified atom stereocenters. The van der Waals surface area contributed by atoms with Crippen LogP contribution in [-0.2, 0) is 6.54 Å². The normalized spacial score (nSPS) is 18.1. The summed E-state index contributed by atoms with van der Waals surface area (Å²) in [5, 5.41) is 8.69.